The highest BCUT2D eigenvalue weighted by molar-refractivity contribution is 5.73. The van der Waals surface area contributed by atoms with Gasteiger partial charge in [0.2, 0.25) is 11.9 Å². The molecule has 0 radical (unpaired) electrons. The lowest BCUT2D eigenvalue weighted by atomic mass is 10.0. The number of nitrogens with two attached hydrogens (primary N) is 1. The summed E-state index contributed by atoms with van der Waals surface area (Å²) in [6.07, 6.45) is 4.33. The van der Waals surface area contributed by atoms with E-state index in [-0.39, 0.29) is 11.5 Å². The number of methoxy groups -OCH3 is 1. The van der Waals surface area contributed by atoms with Crippen LogP contribution in [-0.2, 0) is 15.9 Å². The van der Waals surface area contributed by atoms with Gasteiger partial charge in [0.1, 0.15) is 5.82 Å². The van der Waals surface area contributed by atoms with Crippen LogP contribution in [0.2, 0.25) is 0 Å². The molecule has 0 amide bonds. The topological polar surface area (TPSA) is 103 Å². The molecule has 0 aliphatic carbocycles. The summed E-state index contributed by atoms with van der Waals surface area (Å²) in [4.78, 5) is 22.7. The Bertz CT molecular complexity index is 835. The van der Waals surface area contributed by atoms with E-state index in [2.05, 4.69) is 33.6 Å². The molecule has 9 heteroatoms. The van der Waals surface area contributed by atoms with Crippen LogP contribution in [0.15, 0.2) is 12.4 Å². The van der Waals surface area contributed by atoms with E-state index in [1.807, 2.05) is 0 Å². The first-order valence-electron chi connectivity index (χ1n) is 9.57. The maximum absolute atomic E-state index is 5.68. The molecule has 4 rings (SSSR count). The second-order valence-corrected chi connectivity index (χ2v) is 7.75. The van der Waals surface area contributed by atoms with Gasteiger partial charge in [0, 0.05) is 50.3 Å². The monoisotopic (exact) mass is 385 g/mol. The lowest BCUT2D eigenvalue weighted by molar-refractivity contribution is 0.122. The van der Waals surface area contributed by atoms with E-state index in [0.717, 1.165) is 48.7 Å². The summed E-state index contributed by atoms with van der Waals surface area (Å²) in [6.45, 7) is 8.75. The van der Waals surface area contributed by atoms with Gasteiger partial charge in [-0.05, 0) is 20.3 Å². The molecular formula is C19H27N7O2. The summed E-state index contributed by atoms with van der Waals surface area (Å²) in [5, 5.41) is 0. The minimum Gasteiger partial charge on any atom is -0.382 e. The van der Waals surface area contributed by atoms with Crippen LogP contribution in [0.3, 0.4) is 0 Å². The first-order chi connectivity index (χ1) is 13.5. The zero-order valence-corrected chi connectivity index (χ0v) is 16.7. The molecule has 2 aliphatic heterocycles. The van der Waals surface area contributed by atoms with Gasteiger partial charge in [-0.15, -0.1) is 0 Å². The minimum atomic E-state index is -0.175. The Labute approximate surface area is 164 Å². The van der Waals surface area contributed by atoms with Crippen molar-refractivity contribution < 1.29 is 9.47 Å². The Morgan fingerprint density at radius 1 is 1.14 bits per heavy atom. The van der Waals surface area contributed by atoms with E-state index >= 15 is 0 Å². The minimum absolute atomic E-state index is 0.175. The van der Waals surface area contributed by atoms with Crippen LogP contribution >= 0.6 is 0 Å². The third-order valence-corrected chi connectivity index (χ3v) is 5.28. The van der Waals surface area contributed by atoms with Crippen molar-refractivity contribution >= 4 is 17.7 Å². The van der Waals surface area contributed by atoms with Crippen molar-refractivity contribution in [2.45, 2.75) is 25.8 Å². The molecule has 28 heavy (non-hydrogen) atoms. The lowest BCUT2D eigenvalue weighted by Crippen LogP contribution is -2.47. The number of hydrogen-bond acceptors (Lipinski definition) is 9. The average molecular weight is 385 g/mol. The first kappa shape index (κ1) is 18.8. The predicted molar refractivity (Wildman–Crippen MR) is 108 cm³/mol. The number of morpholine rings is 1. The molecule has 0 bridgehead atoms. The van der Waals surface area contributed by atoms with Crippen molar-refractivity contribution in [2.75, 3.05) is 62.1 Å². The van der Waals surface area contributed by atoms with Crippen molar-refractivity contribution in [1.29, 1.82) is 0 Å². The van der Waals surface area contributed by atoms with Gasteiger partial charge in [0.25, 0.3) is 0 Å². The van der Waals surface area contributed by atoms with E-state index in [0.29, 0.717) is 25.8 Å². The molecule has 2 aromatic rings. The molecular weight excluding hydrogens is 358 g/mol. The Morgan fingerprint density at radius 2 is 1.86 bits per heavy atom. The van der Waals surface area contributed by atoms with Gasteiger partial charge >= 0.3 is 0 Å². The van der Waals surface area contributed by atoms with Crippen LogP contribution in [-0.4, -0.2) is 72.0 Å². The van der Waals surface area contributed by atoms with Gasteiger partial charge in [0.05, 0.1) is 31.1 Å². The van der Waals surface area contributed by atoms with Crippen molar-refractivity contribution in [2.24, 2.45) is 0 Å². The third-order valence-electron chi connectivity index (χ3n) is 5.28. The van der Waals surface area contributed by atoms with Crippen LogP contribution in [0.5, 0.6) is 0 Å². The van der Waals surface area contributed by atoms with Crippen molar-refractivity contribution in [3.63, 3.8) is 0 Å². The molecule has 4 heterocycles. The Hall–Kier alpha value is -2.52. The summed E-state index contributed by atoms with van der Waals surface area (Å²) in [5.74, 6) is 1.94. The molecule has 2 aliphatic rings. The molecule has 0 saturated carbocycles. The maximum atomic E-state index is 5.68. The fourth-order valence-corrected chi connectivity index (χ4v) is 3.87. The molecule has 0 aromatic carbocycles. The van der Waals surface area contributed by atoms with Gasteiger partial charge in [-0.1, -0.05) is 0 Å². The molecule has 1 fully saturated rings. The molecule has 150 valence electrons. The van der Waals surface area contributed by atoms with Gasteiger partial charge < -0.3 is 25.0 Å². The molecule has 1 saturated heterocycles. The number of fused-ring (bicyclic) bond motifs is 1. The summed E-state index contributed by atoms with van der Waals surface area (Å²) in [5.41, 5.74) is 8.35. The van der Waals surface area contributed by atoms with Crippen LogP contribution in [0.25, 0.3) is 11.3 Å². The number of nitrogen functional groups attached to an aromatic ring is 1. The Balaban J connectivity index is 1.82. The lowest BCUT2D eigenvalue weighted by Gasteiger charge is -2.37. The summed E-state index contributed by atoms with van der Waals surface area (Å²) in [7, 11) is 1.73. The van der Waals surface area contributed by atoms with Gasteiger partial charge in [0.15, 0.2) is 0 Å². The highest BCUT2D eigenvalue weighted by Crippen LogP contribution is 2.38. The standard InChI is InChI=1S/C19H27N7O2/c1-19(2,12-27-3)26-5-4-14-15(13-10-21-17(20)22-11-13)23-18(24-16(14)26)25-6-8-28-9-7-25/h10-11H,4-9,12H2,1-3H3,(H2,20,21,22). The summed E-state index contributed by atoms with van der Waals surface area (Å²) < 4.78 is 11.0. The highest BCUT2D eigenvalue weighted by atomic mass is 16.5. The van der Waals surface area contributed by atoms with E-state index in [1.54, 1.807) is 19.5 Å². The van der Waals surface area contributed by atoms with E-state index < -0.39 is 0 Å². The smallest absolute Gasteiger partial charge is 0.228 e. The van der Waals surface area contributed by atoms with Gasteiger partial charge in [-0.25, -0.2) is 15.0 Å². The molecule has 2 N–H and O–H groups in total. The highest BCUT2D eigenvalue weighted by Gasteiger charge is 2.36. The van der Waals surface area contributed by atoms with Crippen LogP contribution in [0.4, 0.5) is 17.7 Å². The summed E-state index contributed by atoms with van der Waals surface area (Å²) >= 11 is 0. The number of ether oxygens (including phenoxy) is 2. The zero-order valence-electron chi connectivity index (χ0n) is 16.7. The normalized spacial score (nSPS) is 17.1. The molecule has 2 aromatic heterocycles. The molecule has 9 nitrogen and oxygen atoms in total. The van der Waals surface area contributed by atoms with E-state index in [4.69, 9.17) is 25.2 Å². The number of anilines is 3. The maximum Gasteiger partial charge on any atom is 0.228 e. The number of rotatable bonds is 5. The molecule has 0 spiro atoms. The quantitative estimate of drug-likeness (QED) is 0.811. The predicted octanol–water partition coefficient (Wildman–Crippen LogP) is 1.14. The largest absolute Gasteiger partial charge is 0.382 e. The van der Waals surface area contributed by atoms with Crippen molar-refractivity contribution in [3.8, 4) is 11.3 Å². The van der Waals surface area contributed by atoms with E-state index in [9.17, 15) is 0 Å². The van der Waals surface area contributed by atoms with Gasteiger partial charge in [-0.2, -0.15) is 4.98 Å². The fourth-order valence-electron chi connectivity index (χ4n) is 3.87. The SMILES string of the molecule is COCC(C)(C)N1CCc2c(-c3cnc(N)nc3)nc(N3CCOCC3)nc21. The van der Waals surface area contributed by atoms with E-state index in [1.165, 1.54) is 0 Å². The number of aromatic nitrogens is 4. The second-order valence-electron chi connectivity index (χ2n) is 7.75. The van der Waals surface area contributed by atoms with Crippen molar-refractivity contribution in [3.05, 3.63) is 18.0 Å². The van der Waals surface area contributed by atoms with Crippen LogP contribution in [0.1, 0.15) is 19.4 Å². The van der Waals surface area contributed by atoms with Crippen LogP contribution in [0, 0.1) is 0 Å². The molecule has 0 atom stereocenters. The number of nitrogens with zero attached hydrogens (tertiary/aromatic N) is 6. The Morgan fingerprint density at radius 3 is 2.54 bits per heavy atom. The summed E-state index contributed by atoms with van der Waals surface area (Å²) in [6, 6.07) is 0. The molecule has 0 unspecified atom stereocenters. The third kappa shape index (κ3) is 3.47. The second kappa shape index (κ2) is 7.48. The average Bonchev–Trinajstić information content (AvgIpc) is 3.13. The number of hydrogen-bond donors (Lipinski definition) is 1. The first-order valence-corrected chi connectivity index (χ1v) is 9.57. The van der Waals surface area contributed by atoms with Gasteiger partial charge in [-0.3, -0.25) is 0 Å². The van der Waals surface area contributed by atoms with Crippen molar-refractivity contribution in [1.82, 2.24) is 19.9 Å². The Kier molecular flexibility index (Phi) is 5.03. The zero-order chi connectivity index (χ0) is 19.7. The van der Waals surface area contributed by atoms with Crippen LogP contribution < -0.4 is 15.5 Å². The fraction of sp³-hybridized carbons (Fsp3) is 0.579.